The molecule has 29 heavy (non-hydrogen) atoms. The normalized spacial score (nSPS) is 21.5. The third-order valence-electron chi connectivity index (χ3n) is 6.56. The number of carbonyl (C=O) groups excluding carboxylic acids is 1. The number of rotatable bonds is 4. The number of nitrogens with one attached hydrogen (secondary N) is 2. The number of hydrogen-bond donors (Lipinski definition) is 2. The molecule has 0 bridgehead atoms. The Morgan fingerprint density at radius 1 is 1.03 bits per heavy atom. The Balaban J connectivity index is 0.00000240. The highest BCUT2D eigenvalue weighted by Gasteiger charge is 2.33. The molecule has 2 amide bonds. The highest BCUT2D eigenvalue weighted by Crippen LogP contribution is 2.34. The van der Waals surface area contributed by atoms with Crippen LogP contribution in [0.1, 0.15) is 69.9 Å². The van der Waals surface area contributed by atoms with Gasteiger partial charge >= 0.3 is 6.03 Å². The van der Waals surface area contributed by atoms with Crippen LogP contribution in [-0.4, -0.2) is 54.2 Å². The summed E-state index contributed by atoms with van der Waals surface area (Å²) in [5.74, 6) is 0. The Morgan fingerprint density at radius 2 is 1.59 bits per heavy atom. The van der Waals surface area contributed by atoms with Crippen LogP contribution in [0.5, 0.6) is 0 Å². The van der Waals surface area contributed by atoms with Crippen molar-refractivity contribution in [3.05, 3.63) is 5.69 Å². The van der Waals surface area contributed by atoms with Gasteiger partial charge in [0.25, 0.3) is 0 Å². The molecule has 4 rings (SSSR count). The number of nitrogens with zero attached hydrogens (tertiary/aromatic N) is 3. The Labute approximate surface area is 185 Å². The molecule has 8 heteroatoms. The summed E-state index contributed by atoms with van der Waals surface area (Å²) in [5, 5.41) is 8.55. The molecule has 2 heterocycles. The van der Waals surface area contributed by atoms with E-state index in [-0.39, 0.29) is 18.4 Å². The van der Waals surface area contributed by atoms with E-state index in [1.165, 1.54) is 43.5 Å². The van der Waals surface area contributed by atoms with E-state index < -0.39 is 0 Å². The van der Waals surface area contributed by atoms with Crippen LogP contribution in [0.4, 0.5) is 14.9 Å². The van der Waals surface area contributed by atoms with E-state index in [9.17, 15) is 4.79 Å². The third kappa shape index (κ3) is 5.56. The van der Waals surface area contributed by atoms with Gasteiger partial charge < -0.3 is 15.1 Å². The van der Waals surface area contributed by atoms with Gasteiger partial charge in [0.1, 0.15) is 5.00 Å². The Morgan fingerprint density at radius 3 is 2.14 bits per heavy atom. The van der Waals surface area contributed by atoms with E-state index in [1.54, 1.807) is 11.3 Å². The van der Waals surface area contributed by atoms with Crippen LogP contribution >= 0.6 is 23.7 Å². The van der Waals surface area contributed by atoms with E-state index in [0.717, 1.165) is 62.7 Å². The van der Waals surface area contributed by atoms with Crippen LogP contribution in [0.3, 0.4) is 0 Å². The Kier molecular flexibility index (Phi) is 8.45. The zero-order valence-electron chi connectivity index (χ0n) is 17.6. The minimum Gasteiger partial charge on any atom is -0.359 e. The standard InChI is InChI=1S/C21H35N5OS.ClH/c1-16-19(25-14-12-22-13-15-25)28-20(23-16)24-21(27)26(17-8-4-2-5-9-17)18-10-6-3-7-11-18;/h17-18,22H,2-15H2,1H3,(H,23,24,27);1H. The maximum Gasteiger partial charge on any atom is 0.324 e. The second-order valence-corrected chi connectivity index (χ2v) is 9.55. The summed E-state index contributed by atoms with van der Waals surface area (Å²) < 4.78 is 0. The van der Waals surface area contributed by atoms with Gasteiger partial charge in [-0.25, -0.2) is 9.78 Å². The van der Waals surface area contributed by atoms with Crippen molar-refractivity contribution < 1.29 is 4.79 Å². The van der Waals surface area contributed by atoms with Crippen LogP contribution in [0.15, 0.2) is 0 Å². The van der Waals surface area contributed by atoms with E-state index >= 15 is 0 Å². The number of urea groups is 1. The number of hydrogen-bond acceptors (Lipinski definition) is 5. The first-order chi connectivity index (χ1) is 13.7. The second-order valence-electron chi connectivity index (χ2n) is 8.57. The molecule has 2 aliphatic carbocycles. The van der Waals surface area contributed by atoms with Crippen molar-refractivity contribution in [2.45, 2.75) is 83.2 Å². The van der Waals surface area contributed by atoms with Crippen LogP contribution in [-0.2, 0) is 0 Å². The fourth-order valence-corrected chi connectivity index (χ4v) is 6.12. The highest BCUT2D eigenvalue weighted by molar-refractivity contribution is 7.19. The Bertz CT molecular complexity index is 633. The molecule has 1 aromatic heterocycles. The predicted molar refractivity (Wildman–Crippen MR) is 124 cm³/mol. The number of halogens is 1. The van der Waals surface area contributed by atoms with Crippen molar-refractivity contribution >= 4 is 39.9 Å². The molecule has 0 spiro atoms. The SMILES string of the molecule is Cc1nc(NC(=O)N(C2CCCCC2)C2CCCCC2)sc1N1CCNCC1.Cl. The summed E-state index contributed by atoms with van der Waals surface area (Å²) in [7, 11) is 0. The van der Waals surface area contributed by atoms with Gasteiger partial charge in [0.05, 0.1) is 5.69 Å². The lowest BCUT2D eigenvalue weighted by molar-refractivity contribution is 0.114. The van der Waals surface area contributed by atoms with E-state index in [1.807, 2.05) is 0 Å². The molecule has 1 aliphatic heterocycles. The van der Waals surface area contributed by atoms with Crippen LogP contribution in [0.25, 0.3) is 0 Å². The van der Waals surface area contributed by atoms with Gasteiger partial charge in [0.2, 0.25) is 0 Å². The number of carbonyl (C=O) groups is 1. The summed E-state index contributed by atoms with van der Waals surface area (Å²) >= 11 is 1.63. The average molecular weight is 442 g/mol. The predicted octanol–water partition coefficient (Wildman–Crippen LogP) is 4.78. The first kappa shape index (κ1) is 22.6. The van der Waals surface area contributed by atoms with Crippen molar-refractivity contribution in [2.75, 3.05) is 36.4 Å². The molecule has 3 fully saturated rings. The van der Waals surface area contributed by atoms with E-state index in [4.69, 9.17) is 4.98 Å². The second kappa shape index (κ2) is 10.8. The molecule has 0 atom stereocenters. The van der Waals surface area contributed by atoms with Gasteiger partial charge in [-0.3, -0.25) is 5.32 Å². The van der Waals surface area contributed by atoms with Gasteiger partial charge in [-0.1, -0.05) is 49.9 Å². The molecule has 2 N–H and O–H groups in total. The largest absolute Gasteiger partial charge is 0.359 e. The lowest BCUT2D eigenvalue weighted by Gasteiger charge is -2.41. The van der Waals surface area contributed by atoms with Crippen LogP contribution in [0, 0.1) is 6.92 Å². The molecular formula is C21H36ClN5OS. The molecule has 6 nitrogen and oxygen atoms in total. The van der Waals surface area contributed by atoms with Gasteiger partial charge in [-0.15, -0.1) is 12.4 Å². The minimum absolute atomic E-state index is 0. The number of thiazole rings is 1. The zero-order chi connectivity index (χ0) is 19.3. The zero-order valence-corrected chi connectivity index (χ0v) is 19.3. The molecule has 3 aliphatic rings. The smallest absolute Gasteiger partial charge is 0.324 e. The van der Waals surface area contributed by atoms with Crippen molar-refractivity contribution in [2.24, 2.45) is 0 Å². The fraction of sp³-hybridized carbons (Fsp3) is 0.810. The summed E-state index contributed by atoms with van der Waals surface area (Å²) in [5.41, 5.74) is 1.03. The molecule has 1 aromatic rings. The lowest BCUT2D eigenvalue weighted by Crippen LogP contribution is -2.50. The molecule has 2 saturated carbocycles. The summed E-state index contributed by atoms with van der Waals surface area (Å²) in [4.78, 5) is 22.7. The quantitative estimate of drug-likeness (QED) is 0.705. The highest BCUT2D eigenvalue weighted by atomic mass is 35.5. The van der Waals surface area contributed by atoms with Gasteiger partial charge in [-0.2, -0.15) is 0 Å². The first-order valence-corrected chi connectivity index (χ1v) is 12.1. The lowest BCUT2D eigenvalue weighted by atomic mass is 9.89. The van der Waals surface area contributed by atoms with Gasteiger partial charge in [0, 0.05) is 38.3 Å². The first-order valence-electron chi connectivity index (χ1n) is 11.2. The van der Waals surface area contributed by atoms with Crippen LogP contribution in [0.2, 0.25) is 0 Å². The number of piperazine rings is 1. The molecular weight excluding hydrogens is 406 g/mol. The molecule has 0 unspecified atom stereocenters. The molecule has 0 radical (unpaired) electrons. The Hall–Kier alpha value is -1.05. The van der Waals surface area contributed by atoms with Crippen molar-refractivity contribution in [3.63, 3.8) is 0 Å². The summed E-state index contributed by atoms with van der Waals surface area (Å²) in [6.45, 7) is 6.09. The minimum atomic E-state index is 0. The van der Waals surface area contributed by atoms with Crippen molar-refractivity contribution in [3.8, 4) is 0 Å². The number of amides is 2. The van der Waals surface area contributed by atoms with Gasteiger partial charge in [0.15, 0.2) is 5.13 Å². The van der Waals surface area contributed by atoms with Crippen molar-refractivity contribution in [1.29, 1.82) is 0 Å². The number of aromatic nitrogens is 1. The average Bonchev–Trinajstić information content (AvgIpc) is 3.10. The summed E-state index contributed by atoms with van der Waals surface area (Å²) in [6.07, 6.45) is 12.3. The van der Waals surface area contributed by atoms with Crippen molar-refractivity contribution in [1.82, 2.24) is 15.2 Å². The maximum absolute atomic E-state index is 13.4. The van der Waals surface area contributed by atoms with Crippen LogP contribution < -0.4 is 15.5 Å². The number of anilines is 2. The van der Waals surface area contributed by atoms with E-state index in [0.29, 0.717) is 12.1 Å². The fourth-order valence-electron chi connectivity index (χ4n) is 5.11. The molecule has 0 aromatic carbocycles. The molecule has 164 valence electrons. The third-order valence-corrected chi connectivity index (χ3v) is 7.69. The monoisotopic (exact) mass is 441 g/mol. The van der Waals surface area contributed by atoms with E-state index in [2.05, 4.69) is 27.4 Å². The summed E-state index contributed by atoms with van der Waals surface area (Å²) in [6, 6.07) is 0.899. The molecule has 1 saturated heterocycles. The topological polar surface area (TPSA) is 60.5 Å². The van der Waals surface area contributed by atoms with Gasteiger partial charge in [-0.05, 0) is 32.6 Å². The maximum atomic E-state index is 13.4. The number of aryl methyl sites for hydroxylation is 1.